The molecule has 0 saturated carbocycles. The molecule has 0 radical (unpaired) electrons. The highest BCUT2D eigenvalue weighted by Crippen LogP contribution is 2.22. The third-order valence-electron chi connectivity index (χ3n) is 5.17. The Labute approximate surface area is 197 Å². The number of amides is 2. The standard InChI is InChI=1S/C25H24ClN5O2/c1-16-22(17(2)31(29-16)15-19-7-5-6-8-23(19)26)13-20(14-27)24(32)28-21-11-9-18(10-12-21)25(33)30(3)4/h5-13H,15H2,1-4H3,(H,28,32)/b20-13+. The summed E-state index contributed by atoms with van der Waals surface area (Å²) in [5.74, 6) is -0.674. The van der Waals surface area contributed by atoms with Crippen molar-refractivity contribution in [2.75, 3.05) is 19.4 Å². The molecule has 0 aliphatic heterocycles. The van der Waals surface area contributed by atoms with Crippen LogP contribution in [0.4, 0.5) is 5.69 Å². The van der Waals surface area contributed by atoms with Crippen molar-refractivity contribution in [3.8, 4) is 6.07 Å². The number of benzene rings is 2. The number of aromatic nitrogens is 2. The molecule has 0 aliphatic carbocycles. The van der Waals surface area contributed by atoms with E-state index < -0.39 is 5.91 Å². The minimum absolute atomic E-state index is 0.0491. The van der Waals surface area contributed by atoms with Crippen molar-refractivity contribution in [3.63, 3.8) is 0 Å². The van der Waals surface area contributed by atoms with E-state index in [9.17, 15) is 14.9 Å². The van der Waals surface area contributed by atoms with E-state index in [0.29, 0.717) is 34.1 Å². The molecule has 0 bridgehead atoms. The number of aryl methyl sites for hydroxylation is 1. The van der Waals surface area contributed by atoms with E-state index in [1.807, 2.05) is 44.2 Å². The van der Waals surface area contributed by atoms with Crippen LogP contribution >= 0.6 is 11.6 Å². The van der Waals surface area contributed by atoms with E-state index >= 15 is 0 Å². The average Bonchev–Trinajstić information content (AvgIpc) is 3.05. The number of hydrogen-bond donors (Lipinski definition) is 1. The normalized spacial score (nSPS) is 11.1. The van der Waals surface area contributed by atoms with Crippen LogP contribution in [-0.2, 0) is 11.3 Å². The molecule has 3 rings (SSSR count). The highest BCUT2D eigenvalue weighted by Gasteiger charge is 2.16. The molecule has 0 aliphatic rings. The zero-order valence-electron chi connectivity index (χ0n) is 18.9. The number of carbonyl (C=O) groups excluding carboxylic acids is 2. The van der Waals surface area contributed by atoms with Crippen molar-refractivity contribution < 1.29 is 9.59 Å². The molecule has 1 N–H and O–H groups in total. The monoisotopic (exact) mass is 461 g/mol. The molecule has 0 saturated heterocycles. The molecule has 1 heterocycles. The van der Waals surface area contributed by atoms with Gasteiger partial charge in [0.05, 0.1) is 12.2 Å². The Morgan fingerprint density at radius 3 is 2.42 bits per heavy atom. The van der Waals surface area contributed by atoms with Gasteiger partial charge in [0.15, 0.2) is 0 Å². The number of nitrogens with one attached hydrogen (secondary N) is 1. The van der Waals surface area contributed by atoms with Gasteiger partial charge in [-0.25, -0.2) is 0 Å². The molecule has 33 heavy (non-hydrogen) atoms. The summed E-state index contributed by atoms with van der Waals surface area (Å²) in [5, 5.41) is 17.5. The van der Waals surface area contributed by atoms with Crippen molar-refractivity contribution >= 4 is 35.2 Å². The Hall–Kier alpha value is -3.89. The van der Waals surface area contributed by atoms with Crippen LogP contribution < -0.4 is 5.32 Å². The minimum atomic E-state index is -0.540. The summed E-state index contributed by atoms with van der Waals surface area (Å²) in [6, 6.07) is 16.0. The summed E-state index contributed by atoms with van der Waals surface area (Å²) in [5.41, 5.74) is 4.10. The molecule has 8 heteroatoms. The molecular formula is C25H24ClN5O2. The van der Waals surface area contributed by atoms with Gasteiger partial charge in [-0.05, 0) is 55.8 Å². The summed E-state index contributed by atoms with van der Waals surface area (Å²) in [6.45, 7) is 4.19. The van der Waals surface area contributed by atoms with Crippen molar-refractivity contribution in [1.29, 1.82) is 5.26 Å². The van der Waals surface area contributed by atoms with Crippen LogP contribution in [0.5, 0.6) is 0 Å². The lowest BCUT2D eigenvalue weighted by Gasteiger charge is -2.11. The maximum Gasteiger partial charge on any atom is 0.266 e. The quantitative estimate of drug-likeness (QED) is 0.433. The Kier molecular flexibility index (Phi) is 7.31. The Morgan fingerprint density at radius 2 is 1.82 bits per heavy atom. The molecule has 0 atom stereocenters. The van der Waals surface area contributed by atoms with Gasteiger partial charge in [-0.3, -0.25) is 14.3 Å². The minimum Gasteiger partial charge on any atom is -0.345 e. The number of rotatable bonds is 6. The second-order valence-electron chi connectivity index (χ2n) is 7.73. The van der Waals surface area contributed by atoms with Crippen molar-refractivity contribution in [1.82, 2.24) is 14.7 Å². The number of hydrogen-bond acceptors (Lipinski definition) is 4. The van der Waals surface area contributed by atoms with E-state index in [0.717, 1.165) is 11.3 Å². The molecule has 2 aromatic carbocycles. The molecule has 0 fully saturated rings. The first-order valence-corrected chi connectivity index (χ1v) is 10.6. The van der Waals surface area contributed by atoms with Crippen LogP contribution in [0.3, 0.4) is 0 Å². The summed E-state index contributed by atoms with van der Waals surface area (Å²) in [4.78, 5) is 26.2. The Balaban J connectivity index is 1.81. The summed E-state index contributed by atoms with van der Waals surface area (Å²) in [6.07, 6.45) is 1.54. The number of carbonyl (C=O) groups is 2. The molecule has 1 aromatic heterocycles. The van der Waals surface area contributed by atoms with Crippen LogP contribution in [0.2, 0.25) is 5.02 Å². The van der Waals surface area contributed by atoms with E-state index in [-0.39, 0.29) is 11.5 Å². The highest BCUT2D eigenvalue weighted by atomic mass is 35.5. The van der Waals surface area contributed by atoms with E-state index in [4.69, 9.17) is 11.6 Å². The molecule has 0 spiro atoms. The molecule has 2 amide bonds. The molecule has 0 unspecified atom stereocenters. The first-order valence-electron chi connectivity index (χ1n) is 10.2. The highest BCUT2D eigenvalue weighted by molar-refractivity contribution is 6.31. The smallest absolute Gasteiger partial charge is 0.266 e. The fourth-order valence-electron chi connectivity index (χ4n) is 3.31. The van der Waals surface area contributed by atoms with E-state index in [2.05, 4.69) is 10.4 Å². The SMILES string of the molecule is Cc1nn(Cc2ccccc2Cl)c(C)c1/C=C(\C#N)C(=O)Nc1ccc(C(=O)N(C)C)cc1. The van der Waals surface area contributed by atoms with Gasteiger partial charge in [-0.2, -0.15) is 10.4 Å². The second kappa shape index (κ2) is 10.2. The van der Waals surface area contributed by atoms with Crippen molar-refractivity contribution in [3.05, 3.63) is 87.2 Å². The third-order valence-corrected chi connectivity index (χ3v) is 5.53. The lowest BCUT2D eigenvalue weighted by molar-refractivity contribution is -0.112. The van der Waals surface area contributed by atoms with Gasteiger partial charge < -0.3 is 10.2 Å². The number of anilines is 1. The van der Waals surface area contributed by atoms with Crippen LogP contribution in [0.25, 0.3) is 6.08 Å². The largest absolute Gasteiger partial charge is 0.345 e. The number of halogens is 1. The summed E-state index contributed by atoms with van der Waals surface area (Å²) in [7, 11) is 3.34. The average molecular weight is 462 g/mol. The van der Waals surface area contributed by atoms with Crippen molar-refractivity contribution in [2.45, 2.75) is 20.4 Å². The number of nitriles is 1. The Bertz CT molecular complexity index is 1270. The Morgan fingerprint density at radius 1 is 1.15 bits per heavy atom. The second-order valence-corrected chi connectivity index (χ2v) is 8.14. The lowest BCUT2D eigenvalue weighted by atomic mass is 10.1. The number of nitrogens with zero attached hydrogens (tertiary/aromatic N) is 4. The predicted octanol–water partition coefficient (Wildman–Crippen LogP) is 4.45. The molecule has 168 valence electrons. The summed E-state index contributed by atoms with van der Waals surface area (Å²) < 4.78 is 1.80. The van der Waals surface area contributed by atoms with Gasteiger partial charge in [-0.1, -0.05) is 29.8 Å². The van der Waals surface area contributed by atoms with E-state index in [1.54, 1.807) is 49.1 Å². The van der Waals surface area contributed by atoms with E-state index in [1.165, 1.54) is 4.90 Å². The molecular weight excluding hydrogens is 438 g/mol. The van der Waals surface area contributed by atoms with Crippen molar-refractivity contribution in [2.24, 2.45) is 0 Å². The lowest BCUT2D eigenvalue weighted by Crippen LogP contribution is -2.21. The molecule has 3 aromatic rings. The first kappa shape index (κ1) is 23.8. The third kappa shape index (κ3) is 5.48. The van der Waals surface area contributed by atoms with Gasteiger partial charge in [0.25, 0.3) is 11.8 Å². The first-order chi connectivity index (χ1) is 15.7. The topological polar surface area (TPSA) is 91.0 Å². The zero-order valence-corrected chi connectivity index (χ0v) is 19.6. The maximum absolute atomic E-state index is 12.7. The fraction of sp³-hybridized carbons (Fsp3) is 0.200. The van der Waals surface area contributed by atoms with Gasteiger partial charge in [0, 0.05) is 41.6 Å². The molecule has 7 nitrogen and oxygen atoms in total. The fourth-order valence-corrected chi connectivity index (χ4v) is 3.50. The van der Waals surface area contributed by atoms with Gasteiger partial charge in [0.1, 0.15) is 11.6 Å². The van der Waals surface area contributed by atoms with Crippen LogP contribution in [-0.4, -0.2) is 40.6 Å². The van der Waals surface area contributed by atoms with Gasteiger partial charge in [-0.15, -0.1) is 0 Å². The van der Waals surface area contributed by atoms with Crippen LogP contribution in [0.1, 0.15) is 32.9 Å². The van der Waals surface area contributed by atoms with Gasteiger partial charge >= 0.3 is 0 Å². The maximum atomic E-state index is 12.7. The summed E-state index contributed by atoms with van der Waals surface area (Å²) >= 11 is 6.27. The zero-order chi connectivity index (χ0) is 24.1. The van der Waals surface area contributed by atoms with Gasteiger partial charge in [0.2, 0.25) is 0 Å². The predicted molar refractivity (Wildman–Crippen MR) is 129 cm³/mol. The van der Waals surface area contributed by atoms with Crippen LogP contribution in [0.15, 0.2) is 54.1 Å². The van der Waals surface area contributed by atoms with Crippen LogP contribution in [0, 0.1) is 25.2 Å².